The molecule has 0 unspecified atom stereocenters. The van der Waals surface area contributed by atoms with Crippen molar-refractivity contribution in [3.05, 3.63) is 66.6 Å². The highest BCUT2D eigenvalue weighted by Crippen LogP contribution is 2.35. The summed E-state index contributed by atoms with van der Waals surface area (Å²) in [5.41, 5.74) is 1.15. The molecule has 0 radical (unpaired) electrons. The van der Waals surface area contributed by atoms with Gasteiger partial charge in [-0.2, -0.15) is 9.40 Å². The Kier molecular flexibility index (Phi) is 6.09. The Labute approximate surface area is 188 Å². The highest BCUT2D eigenvalue weighted by molar-refractivity contribution is 7.89. The summed E-state index contributed by atoms with van der Waals surface area (Å²) in [5.74, 6) is 0.229. The van der Waals surface area contributed by atoms with E-state index >= 15 is 0 Å². The van der Waals surface area contributed by atoms with Gasteiger partial charge >= 0.3 is 0 Å². The van der Waals surface area contributed by atoms with E-state index in [0.29, 0.717) is 24.2 Å². The summed E-state index contributed by atoms with van der Waals surface area (Å²) < 4.78 is 50.1. The molecule has 0 bridgehead atoms. The normalized spacial score (nSPS) is 19.7. The first-order valence-electron chi connectivity index (χ1n) is 10.8. The summed E-state index contributed by atoms with van der Waals surface area (Å²) in [4.78, 5) is 0.213. The molecule has 0 aliphatic carbocycles. The van der Waals surface area contributed by atoms with Crippen LogP contribution >= 0.6 is 0 Å². The standard InChI is InChI=1S/C24H28FN3O3S/c1-5-7-22-20-8-6-9-21(25)24(20)28(26-22)23-15-27(14-17(23)4)32(29,30)19-12-10-18(11-13-19)31-16(2)3/h5-6,8-13,16-17,23H,1,7,14-15H2,2-4H3/t17-,23+/m1/s1. The minimum Gasteiger partial charge on any atom is -0.491 e. The van der Waals surface area contributed by atoms with Gasteiger partial charge in [0, 0.05) is 24.9 Å². The molecule has 4 rings (SSSR count). The van der Waals surface area contributed by atoms with E-state index < -0.39 is 10.0 Å². The summed E-state index contributed by atoms with van der Waals surface area (Å²) in [6, 6.07) is 11.1. The highest BCUT2D eigenvalue weighted by Gasteiger charge is 2.39. The lowest BCUT2D eigenvalue weighted by molar-refractivity contribution is 0.242. The SMILES string of the molecule is C=CCc1nn([C@H]2CN(S(=O)(=O)c3ccc(OC(C)C)cc3)C[C@H]2C)c2c(F)cccc12. The van der Waals surface area contributed by atoms with E-state index in [-0.39, 0.29) is 35.3 Å². The van der Waals surface area contributed by atoms with Crippen molar-refractivity contribution in [3.8, 4) is 5.75 Å². The third kappa shape index (κ3) is 4.04. The van der Waals surface area contributed by atoms with Crippen LogP contribution < -0.4 is 4.74 Å². The molecule has 1 fully saturated rings. The van der Waals surface area contributed by atoms with Gasteiger partial charge in [0.25, 0.3) is 0 Å². The minimum absolute atomic E-state index is 0.00733. The van der Waals surface area contributed by atoms with E-state index in [1.165, 1.54) is 10.4 Å². The van der Waals surface area contributed by atoms with Crippen molar-refractivity contribution in [2.45, 2.75) is 44.2 Å². The monoisotopic (exact) mass is 457 g/mol. The maximum atomic E-state index is 14.8. The molecule has 8 heteroatoms. The topological polar surface area (TPSA) is 64.4 Å². The van der Waals surface area contributed by atoms with Gasteiger partial charge in [-0.1, -0.05) is 25.1 Å². The van der Waals surface area contributed by atoms with Crippen LogP contribution in [0, 0.1) is 11.7 Å². The maximum Gasteiger partial charge on any atom is 0.243 e. The summed E-state index contributed by atoms with van der Waals surface area (Å²) in [5, 5.41) is 5.40. The molecule has 1 aromatic heterocycles. The summed E-state index contributed by atoms with van der Waals surface area (Å²) in [7, 11) is -3.70. The number of ether oxygens (including phenoxy) is 1. The van der Waals surface area contributed by atoms with Gasteiger partial charge in [0.2, 0.25) is 10.0 Å². The van der Waals surface area contributed by atoms with Crippen molar-refractivity contribution >= 4 is 20.9 Å². The number of sulfonamides is 1. The van der Waals surface area contributed by atoms with Gasteiger partial charge in [-0.15, -0.1) is 6.58 Å². The molecular formula is C24H28FN3O3S. The average Bonchev–Trinajstić information content (AvgIpc) is 3.30. The van der Waals surface area contributed by atoms with Gasteiger partial charge in [-0.25, -0.2) is 12.8 Å². The van der Waals surface area contributed by atoms with Crippen LogP contribution in [0.4, 0.5) is 4.39 Å². The second-order valence-corrected chi connectivity index (χ2v) is 10.5. The van der Waals surface area contributed by atoms with Crippen LogP contribution in [0.25, 0.3) is 10.9 Å². The van der Waals surface area contributed by atoms with Crippen molar-refractivity contribution in [3.63, 3.8) is 0 Å². The minimum atomic E-state index is -3.70. The summed E-state index contributed by atoms with van der Waals surface area (Å²) >= 11 is 0. The molecule has 0 amide bonds. The number of aromatic nitrogens is 2. The van der Waals surface area contributed by atoms with Gasteiger partial charge in [0.1, 0.15) is 17.1 Å². The molecule has 3 aromatic rings. The molecule has 1 saturated heterocycles. The Morgan fingerprint density at radius 2 is 1.94 bits per heavy atom. The number of rotatable bonds is 7. The Morgan fingerprint density at radius 1 is 1.22 bits per heavy atom. The highest BCUT2D eigenvalue weighted by atomic mass is 32.2. The van der Waals surface area contributed by atoms with Crippen LogP contribution in [0.2, 0.25) is 0 Å². The fourth-order valence-electron chi connectivity index (χ4n) is 4.27. The number of para-hydroxylation sites is 1. The molecule has 2 aromatic carbocycles. The fourth-order valence-corrected chi connectivity index (χ4v) is 5.83. The van der Waals surface area contributed by atoms with E-state index in [0.717, 1.165) is 11.1 Å². The number of halogens is 1. The Bertz CT molecular complexity index is 1240. The lowest BCUT2D eigenvalue weighted by Crippen LogP contribution is -2.29. The Balaban J connectivity index is 1.65. The number of nitrogens with zero attached hydrogens (tertiary/aromatic N) is 3. The molecule has 2 heterocycles. The maximum absolute atomic E-state index is 14.8. The average molecular weight is 458 g/mol. The zero-order valence-corrected chi connectivity index (χ0v) is 19.3. The van der Waals surface area contributed by atoms with E-state index in [9.17, 15) is 12.8 Å². The van der Waals surface area contributed by atoms with Crippen molar-refractivity contribution < 1.29 is 17.5 Å². The lowest BCUT2D eigenvalue weighted by atomic mass is 10.1. The first-order valence-corrected chi connectivity index (χ1v) is 12.2. The molecule has 32 heavy (non-hydrogen) atoms. The van der Waals surface area contributed by atoms with Crippen molar-refractivity contribution in [2.24, 2.45) is 5.92 Å². The van der Waals surface area contributed by atoms with Crippen molar-refractivity contribution in [1.82, 2.24) is 14.1 Å². The molecular weight excluding hydrogens is 429 g/mol. The number of benzene rings is 2. The predicted octanol–water partition coefficient (Wildman–Crippen LogP) is 4.57. The van der Waals surface area contributed by atoms with E-state index in [2.05, 4.69) is 11.7 Å². The predicted molar refractivity (Wildman–Crippen MR) is 123 cm³/mol. The van der Waals surface area contributed by atoms with Crippen LogP contribution in [0.1, 0.15) is 32.5 Å². The largest absolute Gasteiger partial charge is 0.491 e. The van der Waals surface area contributed by atoms with Gasteiger partial charge in [-0.05, 0) is 50.1 Å². The molecule has 0 spiro atoms. The number of fused-ring (bicyclic) bond motifs is 1. The molecule has 0 N–H and O–H groups in total. The van der Waals surface area contributed by atoms with Crippen LogP contribution in [-0.2, 0) is 16.4 Å². The number of allylic oxidation sites excluding steroid dienone is 1. The third-order valence-corrected chi connectivity index (χ3v) is 7.63. The van der Waals surface area contributed by atoms with Gasteiger partial charge in [-0.3, -0.25) is 4.68 Å². The van der Waals surface area contributed by atoms with Crippen LogP contribution in [0.15, 0.2) is 60.0 Å². The van der Waals surface area contributed by atoms with Crippen LogP contribution in [-0.4, -0.2) is 41.7 Å². The van der Waals surface area contributed by atoms with E-state index in [1.54, 1.807) is 41.1 Å². The van der Waals surface area contributed by atoms with Gasteiger partial charge in [0.15, 0.2) is 0 Å². The van der Waals surface area contributed by atoms with Crippen molar-refractivity contribution in [1.29, 1.82) is 0 Å². The van der Waals surface area contributed by atoms with Gasteiger partial charge < -0.3 is 4.74 Å². The van der Waals surface area contributed by atoms with Crippen LogP contribution in [0.3, 0.4) is 0 Å². The number of hydrogen-bond acceptors (Lipinski definition) is 4. The van der Waals surface area contributed by atoms with Gasteiger partial charge in [0.05, 0.1) is 22.7 Å². The molecule has 6 nitrogen and oxygen atoms in total. The second-order valence-electron chi connectivity index (χ2n) is 8.52. The van der Waals surface area contributed by atoms with E-state index in [1.807, 2.05) is 26.8 Å². The smallest absolute Gasteiger partial charge is 0.243 e. The van der Waals surface area contributed by atoms with Crippen molar-refractivity contribution in [2.75, 3.05) is 13.1 Å². The van der Waals surface area contributed by atoms with Crippen LogP contribution in [0.5, 0.6) is 5.75 Å². The molecule has 2 atom stereocenters. The molecule has 0 saturated carbocycles. The molecule has 170 valence electrons. The van der Waals surface area contributed by atoms with E-state index in [4.69, 9.17) is 4.74 Å². The summed E-state index contributed by atoms with van der Waals surface area (Å²) in [6.45, 7) is 10.1. The molecule has 1 aliphatic rings. The second kappa shape index (κ2) is 8.67. The number of hydrogen-bond donors (Lipinski definition) is 0. The summed E-state index contributed by atoms with van der Waals surface area (Å²) in [6.07, 6.45) is 2.26. The zero-order valence-electron chi connectivity index (χ0n) is 18.5. The first kappa shape index (κ1) is 22.5. The fraction of sp³-hybridized carbons (Fsp3) is 0.375. The quantitative estimate of drug-likeness (QED) is 0.488. The Morgan fingerprint density at radius 3 is 2.59 bits per heavy atom. The zero-order chi connectivity index (χ0) is 23.0. The lowest BCUT2D eigenvalue weighted by Gasteiger charge is -2.18. The molecule has 1 aliphatic heterocycles. The third-order valence-electron chi connectivity index (χ3n) is 5.78. The Hall–Kier alpha value is -2.71. The first-order chi connectivity index (χ1) is 15.2.